The monoisotopic (exact) mass is 435 g/mol. The first-order chi connectivity index (χ1) is 16.1. The number of rotatable bonds is 4. The van der Waals surface area contributed by atoms with Crippen LogP contribution in [-0.2, 0) is 13.1 Å². The lowest BCUT2D eigenvalue weighted by molar-refractivity contribution is 0.479. The van der Waals surface area contributed by atoms with Gasteiger partial charge in [-0.05, 0) is 34.9 Å². The summed E-state index contributed by atoms with van der Waals surface area (Å²) >= 11 is 0. The molecule has 1 aliphatic rings. The number of hydrogen-bond acceptors (Lipinski definition) is 6. The van der Waals surface area contributed by atoms with E-state index in [1.54, 1.807) is 6.20 Å². The van der Waals surface area contributed by atoms with Gasteiger partial charge in [0.25, 0.3) is 0 Å². The Morgan fingerprint density at radius 2 is 1.70 bits per heavy atom. The van der Waals surface area contributed by atoms with Gasteiger partial charge in [0.1, 0.15) is 11.4 Å². The van der Waals surface area contributed by atoms with Crippen molar-refractivity contribution in [2.75, 3.05) is 0 Å². The first kappa shape index (κ1) is 19.3. The Hall–Kier alpha value is -4.43. The molecule has 0 spiro atoms. The number of hydrogen-bond donors (Lipinski definition) is 5. The van der Waals surface area contributed by atoms with Gasteiger partial charge in [-0.2, -0.15) is 5.10 Å². The van der Waals surface area contributed by atoms with Gasteiger partial charge in [0.05, 0.1) is 22.4 Å². The molecule has 0 aliphatic carbocycles. The van der Waals surface area contributed by atoms with E-state index >= 15 is 0 Å². The lowest BCUT2D eigenvalue weighted by atomic mass is 10.0. The predicted molar refractivity (Wildman–Crippen MR) is 128 cm³/mol. The Kier molecular flexibility index (Phi) is 4.27. The van der Waals surface area contributed by atoms with Crippen LogP contribution < -0.4 is 11.1 Å². The van der Waals surface area contributed by atoms with Crippen LogP contribution in [0.1, 0.15) is 16.8 Å². The zero-order valence-electron chi connectivity index (χ0n) is 17.7. The van der Waals surface area contributed by atoms with E-state index in [1.807, 2.05) is 36.4 Å². The quantitative estimate of drug-likeness (QED) is 0.291. The van der Waals surface area contributed by atoms with E-state index in [4.69, 9.17) is 5.73 Å². The number of aromatic nitrogens is 5. The smallest absolute Gasteiger partial charge is 0.172 e. The maximum atomic E-state index is 10.9. The number of benzene rings is 2. The highest BCUT2D eigenvalue weighted by Crippen LogP contribution is 2.36. The molecule has 0 unspecified atom stereocenters. The third-order valence-electron chi connectivity index (χ3n) is 6.00. The van der Waals surface area contributed by atoms with Crippen molar-refractivity contribution in [1.29, 1.82) is 0 Å². The Labute approximate surface area is 189 Å². The molecule has 6 rings (SSSR count). The summed E-state index contributed by atoms with van der Waals surface area (Å²) < 4.78 is 0. The van der Waals surface area contributed by atoms with Gasteiger partial charge in [-0.1, -0.05) is 36.9 Å². The van der Waals surface area contributed by atoms with Gasteiger partial charge in [-0.25, -0.2) is 4.98 Å². The second kappa shape index (κ2) is 7.32. The van der Waals surface area contributed by atoms with Crippen LogP contribution in [0.25, 0.3) is 50.6 Å². The second-order valence-electron chi connectivity index (χ2n) is 8.16. The fourth-order valence-electron chi connectivity index (χ4n) is 4.20. The van der Waals surface area contributed by atoms with Gasteiger partial charge < -0.3 is 21.1 Å². The molecule has 0 radical (unpaired) electrons. The average molecular weight is 435 g/mol. The Morgan fingerprint density at radius 3 is 2.42 bits per heavy atom. The third-order valence-corrected chi connectivity index (χ3v) is 6.00. The minimum absolute atomic E-state index is 0.0588. The predicted octanol–water partition coefficient (Wildman–Crippen LogP) is 3.92. The molecule has 1 aliphatic heterocycles. The molecule has 3 aromatic heterocycles. The molecule has 0 bridgehead atoms. The zero-order valence-corrected chi connectivity index (χ0v) is 17.7. The summed E-state index contributed by atoms with van der Waals surface area (Å²) in [5, 5.41) is 21.5. The Balaban J connectivity index is 1.30. The minimum Gasteiger partial charge on any atom is -0.504 e. The van der Waals surface area contributed by atoms with Crippen molar-refractivity contribution in [3.05, 3.63) is 78.1 Å². The summed E-state index contributed by atoms with van der Waals surface area (Å²) in [7, 11) is 0. The van der Waals surface area contributed by atoms with Crippen LogP contribution in [0.15, 0.2) is 61.3 Å². The number of aromatic amines is 2. The molecule has 162 valence electrons. The van der Waals surface area contributed by atoms with Crippen LogP contribution in [-0.4, -0.2) is 30.3 Å². The maximum absolute atomic E-state index is 10.9. The normalized spacial score (nSPS) is 12.8. The Bertz CT molecular complexity index is 1470. The molecular formula is C25H21N7O. The fourth-order valence-corrected chi connectivity index (χ4v) is 4.20. The zero-order chi connectivity index (χ0) is 22.5. The van der Waals surface area contributed by atoms with Crippen molar-refractivity contribution in [3.8, 4) is 39.7 Å². The van der Waals surface area contributed by atoms with Crippen LogP contribution in [0, 0.1) is 0 Å². The molecule has 0 atom stereocenters. The van der Waals surface area contributed by atoms with E-state index in [0.717, 1.165) is 40.8 Å². The van der Waals surface area contributed by atoms with Gasteiger partial charge in [-0.15, -0.1) is 0 Å². The summed E-state index contributed by atoms with van der Waals surface area (Å²) in [6.45, 7) is 5.42. The molecule has 0 saturated heterocycles. The van der Waals surface area contributed by atoms with Crippen LogP contribution >= 0.6 is 0 Å². The van der Waals surface area contributed by atoms with Crippen molar-refractivity contribution < 1.29 is 5.11 Å². The molecule has 33 heavy (non-hydrogen) atoms. The van der Waals surface area contributed by atoms with Gasteiger partial charge in [0.2, 0.25) is 0 Å². The minimum atomic E-state index is 0.0588. The molecule has 0 saturated carbocycles. The van der Waals surface area contributed by atoms with Crippen LogP contribution in [0.2, 0.25) is 0 Å². The first-order valence-corrected chi connectivity index (χ1v) is 10.6. The summed E-state index contributed by atoms with van der Waals surface area (Å²) in [5.41, 5.74) is 14.8. The van der Waals surface area contributed by atoms with E-state index in [9.17, 15) is 5.11 Å². The third kappa shape index (κ3) is 3.24. The van der Waals surface area contributed by atoms with Crippen LogP contribution in [0.5, 0.6) is 5.75 Å². The molecular weight excluding hydrogens is 414 g/mol. The first-order valence-electron chi connectivity index (χ1n) is 10.6. The van der Waals surface area contributed by atoms with Crippen molar-refractivity contribution >= 4 is 16.7 Å². The van der Waals surface area contributed by atoms with E-state index in [0.29, 0.717) is 28.6 Å². The summed E-state index contributed by atoms with van der Waals surface area (Å²) in [6, 6.07) is 15.8. The van der Waals surface area contributed by atoms with E-state index < -0.39 is 0 Å². The van der Waals surface area contributed by atoms with Crippen LogP contribution in [0.3, 0.4) is 0 Å². The standard InChI is InChI=1S/C25H21N7O/c1-13(26)19-7-6-16(12-28-19)14-2-4-15(5-3-14)22-24(33)23(32-31-22)25-29-20-8-17-10-27-11-18(17)9-21(20)30-25/h2-9,12,27,33H,1,10-11,26H2,(H,29,30)(H,31,32). The highest BCUT2D eigenvalue weighted by Gasteiger charge is 2.20. The SMILES string of the molecule is C=C(N)c1ccc(-c2ccc(-c3n[nH]c(-c4nc5cc6c(cc5[nH]4)CNC6)c3O)cc2)cn1. The molecule has 8 heteroatoms. The van der Waals surface area contributed by atoms with Gasteiger partial charge in [0, 0.05) is 30.4 Å². The number of imidazole rings is 1. The number of H-pyrrole nitrogens is 2. The number of pyridine rings is 1. The van der Waals surface area contributed by atoms with Gasteiger partial charge >= 0.3 is 0 Å². The lowest BCUT2D eigenvalue weighted by Gasteiger charge is -2.05. The largest absolute Gasteiger partial charge is 0.504 e. The molecule has 8 nitrogen and oxygen atoms in total. The molecule has 6 N–H and O–H groups in total. The number of nitrogens with zero attached hydrogens (tertiary/aromatic N) is 3. The summed E-state index contributed by atoms with van der Waals surface area (Å²) in [6.07, 6.45) is 1.76. The molecule has 0 amide bonds. The van der Waals surface area contributed by atoms with Crippen LogP contribution in [0.4, 0.5) is 0 Å². The number of nitrogens with two attached hydrogens (primary N) is 1. The van der Waals surface area contributed by atoms with E-state index in [2.05, 4.69) is 49.2 Å². The van der Waals surface area contributed by atoms with Gasteiger partial charge in [-0.3, -0.25) is 10.1 Å². The topological polar surface area (TPSA) is 129 Å². The van der Waals surface area contributed by atoms with Gasteiger partial charge in [0.15, 0.2) is 11.6 Å². The maximum Gasteiger partial charge on any atom is 0.172 e. The molecule has 2 aromatic carbocycles. The highest BCUT2D eigenvalue weighted by atomic mass is 16.3. The molecule has 5 aromatic rings. The fraction of sp³-hybridized carbons (Fsp3) is 0.0800. The Morgan fingerprint density at radius 1 is 0.970 bits per heavy atom. The lowest BCUT2D eigenvalue weighted by Crippen LogP contribution is -1.99. The van der Waals surface area contributed by atoms with E-state index in [-0.39, 0.29) is 5.75 Å². The number of fused-ring (bicyclic) bond motifs is 2. The van der Waals surface area contributed by atoms with E-state index in [1.165, 1.54) is 11.1 Å². The molecule has 0 fully saturated rings. The second-order valence-corrected chi connectivity index (χ2v) is 8.16. The van der Waals surface area contributed by atoms with Crippen molar-refractivity contribution in [3.63, 3.8) is 0 Å². The van der Waals surface area contributed by atoms with Crippen molar-refractivity contribution in [2.45, 2.75) is 13.1 Å². The summed E-state index contributed by atoms with van der Waals surface area (Å²) in [5.74, 6) is 0.616. The highest BCUT2D eigenvalue weighted by molar-refractivity contribution is 5.84. The summed E-state index contributed by atoms with van der Waals surface area (Å²) in [4.78, 5) is 12.3. The van der Waals surface area contributed by atoms with Crippen molar-refractivity contribution in [1.82, 2.24) is 30.5 Å². The average Bonchev–Trinajstić information content (AvgIpc) is 3.55. The number of aromatic hydroxyl groups is 1. The van der Waals surface area contributed by atoms with Crippen molar-refractivity contribution in [2.24, 2.45) is 5.73 Å². The number of nitrogens with one attached hydrogen (secondary N) is 3. The molecule has 4 heterocycles.